The minimum absolute atomic E-state index is 0.0537. The van der Waals surface area contributed by atoms with E-state index in [0.29, 0.717) is 5.56 Å². The number of halogens is 1. The molecule has 0 aliphatic heterocycles. The van der Waals surface area contributed by atoms with Crippen molar-refractivity contribution in [2.45, 2.75) is 0 Å². The lowest BCUT2D eigenvalue weighted by Crippen LogP contribution is -1.94. The maximum Gasteiger partial charge on any atom is 0.189 e. The normalized spacial score (nSPS) is 10.8. The average Bonchev–Trinajstić information content (AvgIpc) is 2.45. The second kappa shape index (κ2) is 6.09. The van der Waals surface area contributed by atoms with Gasteiger partial charge >= 0.3 is 0 Å². The zero-order valence-corrected chi connectivity index (χ0v) is 11.2. The predicted molar refractivity (Wildman–Crippen MR) is 76.1 cm³/mol. The molecule has 0 aromatic heterocycles. The standard InChI is InChI=1S/C16H13FO4/c1-21-16-7-3-10(8-13(16)17)2-6-14(19)12-5-4-11(18)9-15(12)20/h2-9,18,20H,1H3. The number of carbonyl (C=O) groups is 1. The summed E-state index contributed by atoms with van der Waals surface area (Å²) in [7, 11) is 1.37. The molecule has 4 nitrogen and oxygen atoms in total. The van der Waals surface area contributed by atoms with Crippen molar-refractivity contribution < 1.29 is 24.1 Å². The van der Waals surface area contributed by atoms with Crippen molar-refractivity contribution in [3.05, 3.63) is 59.4 Å². The van der Waals surface area contributed by atoms with Gasteiger partial charge in [0.25, 0.3) is 0 Å². The Morgan fingerprint density at radius 2 is 1.95 bits per heavy atom. The minimum Gasteiger partial charge on any atom is -0.508 e. The molecular formula is C16H13FO4. The first-order valence-electron chi connectivity index (χ1n) is 6.09. The Kier molecular flexibility index (Phi) is 4.23. The van der Waals surface area contributed by atoms with Crippen LogP contribution in [0.5, 0.6) is 17.2 Å². The van der Waals surface area contributed by atoms with Crippen LogP contribution in [0.1, 0.15) is 15.9 Å². The van der Waals surface area contributed by atoms with E-state index in [2.05, 4.69) is 0 Å². The highest BCUT2D eigenvalue weighted by molar-refractivity contribution is 6.08. The number of hydrogen-bond donors (Lipinski definition) is 2. The molecule has 5 heteroatoms. The molecule has 0 heterocycles. The van der Waals surface area contributed by atoms with Gasteiger partial charge in [0.05, 0.1) is 12.7 Å². The molecule has 0 fully saturated rings. The topological polar surface area (TPSA) is 66.8 Å². The zero-order chi connectivity index (χ0) is 15.4. The average molecular weight is 288 g/mol. The van der Waals surface area contributed by atoms with Crippen molar-refractivity contribution in [2.75, 3.05) is 7.11 Å². The maximum atomic E-state index is 13.5. The van der Waals surface area contributed by atoms with Gasteiger partial charge < -0.3 is 14.9 Å². The van der Waals surface area contributed by atoms with Gasteiger partial charge in [-0.15, -0.1) is 0 Å². The number of rotatable bonds is 4. The van der Waals surface area contributed by atoms with Crippen LogP contribution in [0.2, 0.25) is 0 Å². The van der Waals surface area contributed by atoms with Gasteiger partial charge in [0.1, 0.15) is 11.5 Å². The second-order valence-corrected chi connectivity index (χ2v) is 4.29. The van der Waals surface area contributed by atoms with E-state index in [9.17, 15) is 14.3 Å². The lowest BCUT2D eigenvalue weighted by atomic mass is 10.1. The summed E-state index contributed by atoms with van der Waals surface area (Å²) >= 11 is 0. The first-order chi connectivity index (χ1) is 10.0. The number of allylic oxidation sites excluding steroid dienone is 1. The van der Waals surface area contributed by atoms with Gasteiger partial charge in [0.15, 0.2) is 17.3 Å². The first kappa shape index (κ1) is 14.6. The Bertz CT molecular complexity index is 707. The Morgan fingerprint density at radius 3 is 2.57 bits per heavy atom. The van der Waals surface area contributed by atoms with Gasteiger partial charge in [0, 0.05) is 6.07 Å². The van der Waals surface area contributed by atoms with Crippen LogP contribution in [-0.4, -0.2) is 23.1 Å². The Hall–Kier alpha value is -2.82. The van der Waals surface area contributed by atoms with Crippen LogP contribution in [-0.2, 0) is 0 Å². The molecule has 0 aliphatic rings. The van der Waals surface area contributed by atoms with Crippen molar-refractivity contribution in [1.29, 1.82) is 0 Å². The molecule has 2 rings (SSSR count). The van der Waals surface area contributed by atoms with E-state index in [-0.39, 0.29) is 22.8 Å². The van der Waals surface area contributed by atoms with E-state index < -0.39 is 11.6 Å². The number of methoxy groups -OCH3 is 1. The summed E-state index contributed by atoms with van der Waals surface area (Å²) in [6.45, 7) is 0. The van der Waals surface area contributed by atoms with Crippen LogP contribution in [0, 0.1) is 5.82 Å². The maximum absolute atomic E-state index is 13.5. The zero-order valence-electron chi connectivity index (χ0n) is 11.2. The van der Waals surface area contributed by atoms with Gasteiger partial charge in [-0.2, -0.15) is 0 Å². The van der Waals surface area contributed by atoms with Crippen molar-refractivity contribution in [3.8, 4) is 17.2 Å². The fourth-order valence-corrected chi connectivity index (χ4v) is 1.78. The summed E-state index contributed by atoms with van der Waals surface area (Å²) in [6.07, 6.45) is 2.64. The van der Waals surface area contributed by atoms with Gasteiger partial charge in [-0.3, -0.25) is 4.79 Å². The summed E-state index contributed by atoms with van der Waals surface area (Å²) in [5.41, 5.74) is 0.540. The molecule has 21 heavy (non-hydrogen) atoms. The largest absolute Gasteiger partial charge is 0.508 e. The van der Waals surface area contributed by atoms with Crippen LogP contribution in [0.15, 0.2) is 42.5 Å². The number of aromatic hydroxyl groups is 2. The van der Waals surface area contributed by atoms with Crippen molar-refractivity contribution in [3.63, 3.8) is 0 Å². The monoisotopic (exact) mass is 288 g/mol. The summed E-state index contributed by atoms with van der Waals surface area (Å²) < 4.78 is 18.3. The number of hydrogen-bond acceptors (Lipinski definition) is 4. The molecule has 0 amide bonds. The third kappa shape index (κ3) is 3.39. The van der Waals surface area contributed by atoms with Crippen LogP contribution in [0.25, 0.3) is 6.08 Å². The lowest BCUT2D eigenvalue weighted by molar-refractivity contribution is 0.104. The Morgan fingerprint density at radius 1 is 1.19 bits per heavy atom. The number of phenols is 2. The van der Waals surface area contributed by atoms with Gasteiger partial charge in [-0.05, 0) is 35.9 Å². The van der Waals surface area contributed by atoms with Gasteiger partial charge in [-0.1, -0.05) is 12.1 Å². The fourth-order valence-electron chi connectivity index (χ4n) is 1.78. The van der Waals surface area contributed by atoms with Gasteiger partial charge in [-0.25, -0.2) is 4.39 Å². The van der Waals surface area contributed by atoms with Gasteiger partial charge in [0.2, 0.25) is 0 Å². The second-order valence-electron chi connectivity index (χ2n) is 4.29. The van der Waals surface area contributed by atoms with E-state index in [4.69, 9.17) is 9.84 Å². The summed E-state index contributed by atoms with van der Waals surface area (Å²) in [4.78, 5) is 11.9. The quantitative estimate of drug-likeness (QED) is 0.670. The highest BCUT2D eigenvalue weighted by atomic mass is 19.1. The Balaban J connectivity index is 2.20. The number of ketones is 1. The summed E-state index contributed by atoms with van der Waals surface area (Å²) in [5, 5.41) is 18.7. The molecule has 2 aromatic carbocycles. The third-order valence-electron chi connectivity index (χ3n) is 2.85. The van der Waals surface area contributed by atoms with Crippen molar-refractivity contribution in [2.24, 2.45) is 0 Å². The lowest BCUT2D eigenvalue weighted by Gasteiger charge is -2.02. The molecule has 0 saturated heterocycles. The van der Waals surface area contributed by atoms with E-state index in [1.54, 1.807) is 6.07 Å². The molecule has 0 saturated carbocycles. The molecular weight excluding hydrogens is 275 g/mol. The smallest absolute Gasteiger partial charge is 0.189 e. The van der Waals surface area contributed by atoms with E-state index in [0.717, 1.165) is 6.07 Å². The number of phenolic OH excluding ortho intramolecular Hbond substituents is 2. The van der Waals surface area contributed by atoms with Crippen LogP contribution in [0.3, 0.4) is 0 Å². The van der Waals surface area contributed by atoms with E-state index in [1.807, 2.05) is 0 Å². The summed E-state index contributed by atoms with van der Waals surface area (Å²) in [6, 6.07) is 7.98. The molecule has 2 N–H and O–H groups in total. The van der Waals surface area contributed by atoms with Crippen LogP contribution in [0.4, 0.5) is 4.39 Å². The highest BCUT2D eigenvalue weighted by Crippen LogP contribution is 2.24. The highest BCUT2D eigenvalue weighted by Gasteiger charge is 2.09. The van der Waals surface area contributed by atoms with Crippen molar-refractivity contribution in [1.82, 2.24) is 0 Å². The molecule has 0 radical (unpaired) electrons. The molecule has 0 atom stereocenters. The molecule has 0 bridgehead atoms. The predicted octanol–water partition coefficient (Wildman–Crippen LogP) is 3.14. The minimum atomic E-state index is -0.528. The van der Waals surface area contributed by atoms with E-state index >= 15 is 0 Å². The molecule has 108 valence electrons. The molecule has 0 spiro atoms. The Labute approximate surface area is 120 Å². The third-order valence-corrected chi connectivity index (χ3v) is 2.85. The number of carbonyl (C=O) groups excluding carboxylic acids is 1. The SMILES string of the molecule is COc1ccc(C=CC(=O)c2ccc(O)cc2O)cc1F. The van der Waals surface area contributed by atoms with Crippen LogP contribution < -0.4 is 4.74 Å². The molecule has 0 unspecified atom stereocenters. The number of ether oxygens (including phenoxy) is 1. The summed E-state index contributed by atoms with van der Waals surface area (Å²) in [5.74, 6) is -1.31. The first-order valence-corrected chi connectivity index (χ1v) is 6.09. The van der Waals surface area contributed by atoms with Crippen molar-refractivity contribution >= 4 is 11.9 Å². The molecule has 2 aromatic rings. The fraction of sp³-hybridized carbons (Fsp3) is 0.0625. The molecule has 0 aliphatic carbocycles. The number of benzene rings is 2. The van der Waals surface area contributed by atoms with Crippen LogP contribution >= 0.6 is 0 Å². The van der Waals surface area contributed by atoms with E-state index in [1.165, 1.54) is 43.5 Å².